The Labute approximate surface area is 95.9 Å². The van der Waals surface area contributed by atoms with Crippen LogP contribution in [0.2, 0.25) is 0 Å². The molecular formula is C12H18N2O2. The largest absolute Gasteiger partial charge is 0.469 e. The van der Waals surface area contributed by atoms with Gasteiger partial charge in [0.05, 0.1) is 12.8 Å². The molecule has 0 atom stereocenters. The molecule has 0 unspecified atom stereocenters. The standard InChI is InChI=1S/C12H18N2O2/c1-3-7-14(12(15)10-13-2)8-6-11-5-4-9-16-11/h3-5,9,13H,1,6-8,10H2,2H3. The molecule has 4 heteroatoms. The van der Waals surface area contributed by atoms with E-state index in [9.17, 15) is 4.79 Å². The number of carbonyl (C=O) groups excluding carboxylic acids is 1. The molecule has 0 aliphatic heterocycles. The molecule has 0 saturated heterocycles. The molecule has 0 saturated carbocycles. The lowest BCUT2D eigenvalue weighted by Crippen LogP contribution is -2.38. The zero-order valence-corrected chi connectivity index (χ0v) is 9.61. The summed E-state index contributed by atoms with van der Waals surface area (Å²) in [4.78, 5) is 13.4. The van der Waals surface area contributed by atoms with Crippen molar-refractivity contribution >= 4 is 5.91 Å². The third-order valence-corrected chi connectivity index (χ3v) is 2.24. The molecule has 0 aliphatic rings. The Morgan fingerprint density at radius 2 is 2.50 bits per heavy atom. The van der Waals surface area contributed by atoms with Gasteiger partial charge in [0.1, 0.15) is 5.76 Å². The van der Waals surface area contributed by atoms with Gasteiger partial charge in [-0.25, -0.2) is 0 Å². The first kappa shape index (κ1) is 12.5. The normalized spacial score (nSPS) is 10.1. The number of likely N-dealkylation sites (N-methyl/N-ethyl adjacent to an activating group) is 1. The summed E-state index contributed by atoms with van der Waals surface area (Å²) >= 11 is 0. The van der Waals surface area contributed by atoms with E-state index in [4.69, 9.17) is 4.42 Å². The molecule has 1 heterocycles. The highest BCUT2D eigenvalue weighted by Crippen LogP contribution is 2.02. The number of hydrogen-bond acceptors (Lipinski definition) is 3. The predicted octanol–water partition coefficient (Wildman–Crippen LogP) is 1.06. The van der Waals surface area contributed by atoms with Gasteiger partial charge in [-0.3, -0.25) is 4.79 Å². The summed E-state index contributed by atoms with van der Waals surface area (Å²) in [5.41, 5.74) is 0. The lowest BCUT2D eigenvalue weighted by atomic mass is 10.3. The van der Waals surface area contributed by atoms with Gasteiger partial charge in [0.2, 0.25) is 5.91 Å². The predicted molar refractivity (Wildman–Crippen MR) is 63.1 cm³/mol. The zero-order valence-electron chi connectivity index (χ0n) is 9.61. The fourth-order valence-electron chi connectivity index (χ4n) is 1.44. The topological polar surface area (TPSA) is 45.5 Å². The molecule has 4 nitrogen and oxygen atoms in total. The minimum Gasteiger partial charge on any atom is -0.469 e. The number of rotatable bonds is 7. The van der Waals surface area contributed by atoms with E-state index in [-0.39, 0.29) is 5.91 Å². The Morgan fingerprint density at radius 1 is 1.69 bits per heavy atom. The third kappa shape index (κ3) is 3.90. The average molecular weight is 222 g/mol. The molecule has 1 aromatic rings. The minimum atomic E-state index is 0.0777. The average Bonchev–Trinajstić information content (AvgIpc) is 2.77. The van der Waals surface area contributed by atoms with E-state index in [1.54, 1.807) is 24.3 Å². The van der Waals surface area contributed by atoms with Crippen LogP contribution in [0, 0.1) is 0 Å². The van der Waals surface area contributed by atoms with Crippen molar-refractivity contribution in [2.24, 2.45) is 0 Å². The van der Waals surface area contributed by atoms with Crippen LogP contribution in [0.1, 0.15) is 5.76 Å². The first-order valence-corrected chi connectivity index (χ1v) is 5.33. The summed E-state index contributed by atoms with van der Waals surface area (Å²) in [5.74, 6) is 0.972. The summed E-state index contributed by atoms with van der Waals surface area (Å²) in [7, 11) is 1.76. The Kier molecular flexibility index (Phi) is 5.36. The van der Waals surface area contributed by atoms with Gasteiger partial charge < -0.3 is 14.6 Å². The van der Waals surface area contributed by atoms with Crippen molar-refractivity contribution in [1.82, 2.24) is 10.2 Å². The van der Waals surface area contributed by atoms with Crippen molar-refractivity contribution in [2.75, 3.05) is 26.7 Å². The van der Waals surface area contributed by atoms with Crippen LogP contribution in [0.3, 0.4) is 0 Å². The fourth-order valence-corrected chi connectivity index (χ4v) is 1.44. The summed E-state index contributed by atoms with van der Waals surface area (Å²) in [6, 6.07) is 3.76. The van der Waals surface area contributed by atoms with E-state index in [1.165, 1.54) is 0 Å². The van der Waals surface area contributed by atoms with Gasteiger partial charge in [-0.1, -0.05) is 6.08 Å². The monoisotopic (exact) mass is 222 g/mol. The van der Waals surface area contributed by atoms with Crippen LogP contribution in [0.5, 0.6) is 0 Å². The van der Waals surface area contributed by atoms with E-state index in [0.717, 1.165) is 12.2 Å². The molecule has 1 amide bonds. The molecule has 1 aromatic heterocycles. The molecule has 1 N–H and O–H groups in total. The van der Waals surface area contributed by atoms with Gasteiger partial charge in [0, 0.05) is 19.5 Å². The van der Waals surface area contributed by atoms with Gasteiger partial charge in [-0.15, -0.1) is 6.58 Å². The summed E-state index contributed by atoms with van der Waals surface area (Å²) < 4.78 is 5.22. The Balaban J connectivity index is 2.44. The smallest absolute Gasteiger partial charge is 0.236 e. The van der Waals surface area contributed by atoms with Crippen molar-refractivity contribution in [1.29, 1.82) is 0 Å². The van der Waals surface area contributed by atoms with Crippen LogP contribution in [-0.4, -0.2) is 37.5 Å². The maximum atomic E-state index is 11.7. The molecule has 88 valence electrons. The van der Waals surface area contributed by atoms with Crippen molar-refractivity contribution in [2.45, 2.75) is 6.42 Å². The van der Waals surface area contributed by atoms with Crippen molar-refractivity contribution < 1.29 is 9.21 Å². The Morgan fingerprint density at radius 3 is 3.06 bits per heavy atom. The van der Waals surface area contributed by atoms with E-state index in [0.29, 0.717) is 19.6 Å². The van der Waals surface area contributed by atoms with Crippen molar-refractivity contribution in [3.8, 4) is 0 Å². The molecule has 0 spiro atoms. The SMILES string of the molecule is C=CCN(CCc1ccco1)C(=O)CNC. The van der Waals surface area contributed by atoms with E-state index in [1.807, 2.05) is 12.1 Å². The highest BCUT2D eigenvalue weighted by Gasteiger charge is 2.11. The van der Waals surface area contributed by atoms with Crippen LogP contribution < -0.4 is 5.32 Å². The van der Waals surface area contributed by atoms with Crippen LogP contribution in [0.25, 0.3) is 0 Å². The number of hydrogen-bond donors (Lipinski definition) is 1. The van der Waals surface area contributed by atoms with Gasteiger partial charge in [-0.05, 0) is 19.2 Å². The second-order valence-electron chi connectivity index (χ2n) is 3.49. The number of amides is 1. The maximum Gasteiger partial charge on any atom is 0.236 e. The third-order valence-electron chi connectivity index (χ3n) is 2.24. The summed E-state index contributed by atoms with van der Waals surface area (Å²) in [6.07, 6.45) is 4.11. The fraction of sp³-hybridized carbons (Fsp3) is 0.417. The highest BCUT2D eigenvalue weighted by atomic mass is 16.3. The maximum absolute atomic E-state index is 11.7. The second kappa shape index (κ2) is 6.85. The minimum absolute atomic E-state index is 0.0777. The summed E-state index contributed by atoms with van der Waals surface area (Å²) in [6.45, 7) is 5.23. The molecular weight excluding hydrogens is 204 g/mol. The molecule has 0 aliphatic carbocycles. The first-order valence-electron chi connectivity index (χ1n) is 5.33. The Bertz CT molecular complexity index is 320. The first-order chi connectivity index (χ1) is 7.77. The van der Waals surface area contributed by atoms with Gasteiger partial charge >= 0.3 is 0 Å². The van der Waals surface area contributed by atoms with E-state index in [2.05, 4.69) is 11.9 Å². The number of nitrogens with zero attached hydrogens (tertiary/aromatic N) is 1. The van der Waals surface area contributed by atoms with Gasteiger partial charge in [0.15, 0.2) is 0 Å². The van der Waals surface area contributed by atoms with Crippen LogP contribution in [-0.2, 0) is 11.2 Å². The lowest BCUT2D eigenvalue weighted by molar-refractivity contribution is -0.129. The van der Waals surface area contributed by atoms with Gasteiger partial charge in [0.25, 0.3) is 0 Å². The molecule has 0 fully saturated rings. The summed E-state index contributed by atoms with van der Waals surface area (Å²) in [5, 5.41) is 2.85. The molecule has 1 rings (SSSR count). The molecule has 0 radical (unpaired) electrons. The van der Waals surface area contributed by atoms with E-state index >= 15 is 0 Å². The van der Waals surface area contributed by atoms with Crippen molar-refractivity contribution in [3.63, 3.8) is 0 Å². The van der Waals surface area contributed by atoms with E-state index < -0.39 is 0 Å². The molecule has 0 bridgehead atoms. The second-order valence-corrected chi connectivity index (χ2v) is 3.49. The van der Waals surface area contributed by atoms with Crippen LogP contribution in [0.15, 0.2) is 35.5 Å². The lowest BCUT2D eigenvalue weighted by Gasteiger charge is -2.20. The zero-order chi connectivity index (χ0) is 11.8. The quantitative estimate of drug-likeness (QED) is 0.702. The number of nitrogens with one attached hydrogen (secondary N) is 1. The number of carbonyl (C=O) groups is 1. The van der Waals surface area contributed by atoms with Crippen molar-refractivity contribution in [3.05, 3.63) is 36.8 Å². The highest BCUT2D eigenvalue weighted by molar-refractivity contribution is 5.78. The van der Waals surface area contributed by atoms with Crippen LogP contribution in [0.4, 0.5) is 0 Å². The number of furan rings is 1. The van der Waals surface area contributed by atoms with Gasteiger partial charge in [-0.2, -0.15) is 0 Å². The molecule has 0 aromatic carbocycles. The molecule has 16 heavy (non-hydrogen) atoms. The van der Waals surface area contributed by atoms with Crippen LogP contribution >= 0.6 is 0 Å². The Hall–Kier alpha value is -1.55.